The van der Waals surface area contributed by atoms with Gasteiger partial charge in [-0.15, -0.1) is 0 Å². The van der Waals surface area contributed by atoms with E-state index in [4.69, 9.17) is 14.6 Å². The first kappa shape index (κ1) is 11.6. The summed E-state index contributed by atoms with van der Waals surface area (Å²) in [6.45, 7) is 0.371. The highest BCUT2D eigenvalue weighted by molar-refractivity contribution is 5.69. The largest absolute Gasteiger partial charge is 0.448 e. The van der Waals surface area contributed by atoms with Crippen molar-refractivity contribution >= 4 is 6.09 Å². The summed E-state index contributed by atoms with van der Waals surface area (Å²) in [5.74, 6) is 0. The predicted molar refractivity (Wildman–Crippen MR) is 50.7 cm³/mol. The molecule has 0 aromatic rings. The van der Waals surface area contributed by atoms with E-state index >= 15 is 0 Å². The van der Waals surface area contributed by atoms with Gasteiger partial charge < -0.3 is 24.8 Å². The summed E-state index contributed by atoms with van der Waals surface area (Å²) >= 11 is 0. The minimum atomic E-state index is -1.20. The van der Waals surface area contributed by atoms with Crippen LogP contribution in [0.2, 0.25) is 0 Å². The van der Waals surface area contributed by atoms with Crippen molar-refractivity contribution in [3.63, 3.8) is 0 Å². The fourth-order valence-corrected chi connectivity index (χ4v) is 2.01. The van der Waals surface area contributed by atoms with Crippen LogP contribution >= 0.6 is 0 Å². The summed E-state index contributed by atoms with van der Waals surface area (Å²) in [4.78, 5) is 12.6. The lowest BCUT2D eigenvalue weighted by atomic mass is 9.97. The highest BCUT2D eigenvalue weighted by atomic mass is 16.6. The van der Waals surface area contributed by atoms with Crippen LogP contribution in [0.3, 0.4) is 0 Å². The molecule has 7 nitrogen and oxygen atoms in total. The van der Waals surface area contributed by atoms with Gasteiger partial charge in [0.15, 0.2) is 0 Å². The minimum absolute atomic E-state index is 0.0819. The summed E-state index contributed by atoms with van der Waals surface area (Å²) in [6, 6.07) is -0.618. The normalized spacial score (nSPS) is 39.9. The quantitative estimate of drug-likeness (QED) is 0.506. The third-order valence-electron chi connectivity index (χ3n) is 2.98. The average molecular weight is 233 g/mol. The summed E-state index contributed by atoms with van der Waals surface area (Å²) in [6.07, 6.45) is -3.64. The van der Waals surface area contributed by atoms with Gasteiger partial charge in [0, 0.05) is 0 Å². The molecule has 0 bridgehead atoms. The van der Waals surface area contributed by atoms with E-state index in [2.05, 4.69) is 0 Å². The van der Waals surface area contributed by atoms with Gasteiger partial charge in [-0.1, -0.05) is 0 Å². The molecule has 0 aromatic heterocycles. The van der Waals surface area contributed by atoms with E-state index in [1.165, 1.54) is 4.90 Å². The number of carbonyl (C=O) groups excluding carboxylic acids is 1. The van der Waals surface area contributed by atoms with Crippen LogP contribution in [-0.2, 0) is 9.47 Å². The Morgan fingerprint density at radius 2 is 2.12 bits per heavy atom. The number of carbonyl (C=O) groups is 1. The maximum absolute atomic E-state index is 11.3. The Bertz CT molecular complexity index is 273. The minimum Gasteiger partial charge on any atom is -0.448 e. The molecule has 2 heterocycles. The second-order valence-corrected chi connectivity index (χ2v) is 3.91. The lowest BCUT2D eigenvalue weighted by Gasteiger charge is -2.39. The molecule has 7 heteroatoms. The van der Waals surface area contributed by atoms with Crippen molar-refractivity contribution in [2.75, 3.05) is 26.4 Å². The zero-order chi connectivity index (χ0) is 11.7. The van der Waals surface area contributed by atoms with Crippen LogP contribution in [0.25, 0.3) is 0 Å². The number of aliphatic hydroxyl groups excluding tert-OH is 3. The first-order chi connectivity index (χ1) is 7.65. The van der Waals surface area contributed by atoms with Gasteiger partial charge in [0.05, 0.1) is 25.8 Å². The van der Waals surface area contributed by atoms with Crippen LogP contribution < -0.4 is 0 Å². The van der Waals surface area contributed by atoms with E-state index in [-0.39, 0.29) is 19.8 Å². The zero-order valence-electron chi connectivity index (χ0n) is 8.65. The molecule has 2 fully saturated rings. The number of cyclic esters (lactones) is 1. The lowest BCUT2D eigenvalue weighted by Crippen LogP contribution is -2.60. The smallest absolute Gasteiger partial charge is 0.410 e. The van der Waals surface area contributed by atoms with Crippen LogP contribution in [-0.4, -0.2) is 77.0 Å². The molecule has 16 heavy (non-hydrogen) atoms. The molecule has 2 rings (SSSR count). The van der Waals surface area contributed by atoms with Gasteiger partial charge in [0.2, 0.25) is 0 Å². The third-order valence-corrected chi connectivity index (χ3v) is 2.98. The fourth-order valence-electron chi connectivity index (χ4n) is 2.01. The molecule has 2 aliphatic heterocycles. The van der Waals surface area contributed by atoms with Crippen molar-refractivity contribution in [2.45, 2.75) is 24.4 Å². The van der Waals surface area contributed by atoms with E-state index in [1.54, 1.807) is 0 Å². The molecular formula is C9H15NO6. The van der Waals surface area contributed by atoms with Crippen LogP contribution in [0.1, 0.15) is 0 Å². The van der Waals surface area contributed by atoms with E-state index in [0.29, 0.717) is 6.54 Å². The Morgan fingerprint density at radius 3 is 2.69 bits per heavy atom. The van der Waals surface area contributed by atoms with Crippen LogP contribution in [0.5, 0.6) is 0 Å². The third kappa shape index (κ3) is 1.86. The Labute approximate surface area is 92.2 Å². The molecule has 1 unspecified atom stereocenters. The second-order valence-electron chi connectivity index (χ2n) is 3.91. The average Bonchev–Trinajstić information content (AvgIpc) is 2.69. The van der Waals surface area contributed by atoms with E-state index < -0.39 is 30.4 Å². The van der Waals surface area contributed by atoms with Crippen LogP contribution in [0.15, 0.2) is 0 Å². The summed E-state index contributed by atoms with van der Waals surface area (Å²) in [7, 11) is 0. The molecule has 2 aliphatic rings. The number of ether oxygens (including phenoxy) is 2. The monoisotopic (exact) mass is 233 g/mol. The fraction of sp³-hybridized carbons (Fsp3) is 0.889. The number of amides is 1. The predicted octanol–water partition coefficient (Wildman–Crippen LogP) is -2.08. The molecule has 2 saturated heterocycles. The number of rotatable bonds is 2. The van der Waals surface area contributed by atoms with Crippen molar-refractivity contribution in [2.24, 2.45) is 0 Å². The molecule has 0 aliphatic carbocycles. The van der Waals surface area contributed by atoms with Crippen molar-refractivity contribution < 1.29 is 29.6 Å². The van der Waals surface area contributed by atoms with Crippen molar-refractivity contribution in [1.29, 1.82) is 0 Å². The van der Waals surface area contributed by atoms with Crippen molar-refractivity contribution in [3.05, 3.63) is 0 Å². The molecule has 0 spiro atoms. The number of aliphatic hydroxyl groups is 3. The van der Waals surface area contributed by atoms with Gasteiger partial charge in [-0.25, -0.2) is 4.79 Å². The van der Waals surface area contributed by atoms with Gasteiger partial charge in [0.1, 0.15) is 24.9 Å². The zero-order valence-corrected chi connectivity index (χ0v) is 8.65. The van der Waals surface area contributed by atoms with Gasteiger partial charge in [0.25, 0.3) is 0 Å². The van der Waals surface area contributed by atoms with Gasteiger partial charge >= 0.3 is 6.09 Å². The molecular weight excluding hydrogens is 218 g/mol. The Balaban J connectivity index is 2.04. The van der Waals surface area contributed by atoms with Crippen molar-refractivity contribution in [3.8, 4) is 0 Å². The molecule has 3 N–H and O–H groups in total. The van der Waals surface area contributed by atoms with Crippen molar-refractivity contribution in [1.82, 2.24) is 4.90 Å². The van der Waals surface area contributed by atoms with Gasteiger partial charge in [-0.05, 0) is 0 Å². The summed E-state index contributed by atoms with van der Waals surface area (Å²) in [5.41, 5.74) is 0. The Hall–Kier alpha value is -0.890. The van der Waals surface area contributed by atoms with E-state index in [1.807, 2.05) is 0 Å². The first-order valence-electron chi connectivity index (χ1n) is 5.17. The number of hydrogen-bond donors (Lipinski definition) is 3. The van der Waals surface area contributed by atoms with Crippen LogP contribution in [0.4, 0.5) is 4.79 Å². The topological polar surface area (TPSA) is 99.5 Å². The summed E-state index contributed by atoms with van der Waals surface area (Å²) < 4.78 is 9.92. The van der Waals surface area contributed by atoms with E-state index in [9.17, 15) is 15.0 Å². The van der Waals surface area contributed by atoms with Gasteiger partial charge in [-0.2, -0.15) is 0 Å². The second kappa shape index (κ2) is 4.54. The number of nitrogens with zero attached hydrogens (tertiary/aromatic N) is 1. The Morgan fingerprint density at radius 1 is 1.38 bits per heavy atom. The highest BCUT2D eigenvalue weighted by Gasteiger charge is 2.44. The molecule has 0 aromatic carbocycles. The van der Waals surface area contributed by atoms with Crippen LogP contribution in [0, 0.1) is 0 Å². The molecule has 4 atom stereocenters. The molecule has 92 valence electrons. The molecule has 1 amide bonds. The maximum Gasteiger partial charge on any atom is 0.410 e. The standard InChI is InChI=1S/C9H15NO6/c11-3-6-8(13)7(12)5(4-16-6)10-1-2-15-9(10)14/h5-8,11-13H,1-4H2/t5?,6-,7-,8+/m1/s1. The highest BCUT2D eigenvalue weighted by Crippen LogP contribution is 2.22. The number of hydrogen-bond acceptors (Lipinski definition) is 6. The Kier molecular flexibility index (Phi) is 3.29. The lowest BCUT2D eigenvalue weighted by molar-refractivity contribution is -0.174. The molecule has 0 radical (unpaired) electrons. The first-order valence-corrected chi connectivity index (χ1v) is 5.17. The summed E-state index contributed by atoms with van der Waals surface area (Å²) in [5, 5.41) is 28.3. The van der Waals surface area contributed by atoms with E-state index in [0.717, 1.165) is 0 Å². The SMILES string of the molecule is O=C1OCCN1C1CO[C@H](CO)[C@H](O)[C@@H]1O. The maximum atomic E-state index is 11.3. The van der Waals surface area contributed by atoms with Gasteiger partial charge in [-0.3, -0.25) is 4.90 Å². The molecule has 0 saturated carbocycles.